The number of nitrogens with two attached hydrogens (primary N) is 2. The van der Waals surface area contributed by atoms with Crippen LogP contribution in [0.15, 0.2) is 24.3 Å². The van der Waals surface area contributed by atoms with Crippen LogP contribution in [0.4, 0.5) is 0 Å². The van der Waals surface area contributed by atoms with Gasteiger partial charge in [0, 0.05) is 0 Å². The molecule has 1 aromatic rings. The van der Waals surface area contributed by atoms with Crippen molar-refractivity contribution >= 4 is 0 Å². The number of aryl methyl sites for hydroxylation is 1. The van der Waals surface area contributed by atoms with Crippen molar-refractivity contribution in [3.05, 3.63) is 35.4 Å². The SMILES string of the molecule is NCCCCc1ccc(CCN)cc1. The maximum absolute atomic E-state index is 5.48. The van der Waals surface area contributed by atoms with Crippen molar-refractivity contribution in [2.45, 2.75) is 25.7 Å². The van der Waals surface area contributed by atoms with Gasteiger partial charge in [-0.2, -0.15) is 0 Å². The maximum atomic E-state index is 5.48. The average molecular weight is 192 g/mol. The van der Waals surface area contributed by atoms with E-state index in [4.69, 9.17) is 11.5 Å². The molecule has 2 heteroatoms. The molecular formula is C12H20N2. The van der Waals surface area contributed by atoms with Crippen LogP contribution in [0.5, 0.6) is 0 Å². The Morgan fingerprint density at radius 3 is 1.79 bits per heavy atom. The molecule has 0 aliphatic heterocycles. The normalized spacial score (nSPS) is 10.4. The van der Waals surface area contributed by atoms with Crippen LogP contribution in [0.1, 0.15) is 24.0 Å². The van der Waals surface area contributed by atoms with E-state index in [1.807, 2.05) is 0 Å². The van der Waals surface area contributed by atoms with Gasteiger partial charge in [0.1, 0.15) is 0 Å². The summed E-state index contributed by atoms with van der Waals surface area (Å²) in [4.78, 5) is 0. The van der Waals surface area contributed by atoms with E-state index in [0.717, 1.165) is 32.4 Å². The molecule has 0 radical (unpaired) electrons. The van der Waals surface area contributed by atoms with E-state index in [2.05, 4.69) is 24.3 Å². The third kappa shape index (κ3) is 3.90. The summed E-state index contributed by atoms with van der Waals surface area (Å²) in [5, 5.41) is 0. The lowest BCUT2D eigenvalue weighted by atomic mass is 10.0. The number of hydrogen-bond donors (Lipinski definition) is 2. The summed E-state index contributed by atoms with van der Waals surface area (Å²) in [5.41, 5.74) is 13.7. The second kappa shape index (κ2) is 6.57. The number of unbranched alkanes of at least 4 members (excludes halogenated alkanes) is 1. The zero-order chi connectivity index (χ0) is 10.2. The van der Waals surface area contributed by atoms with Crippen LogP contribution in [-0.2, 0) is 12.8 Å². The Morgan fingerprint density at radius 1 is 0.714 bits per heavy atom. The Labute approximate surface area is 86.3 Å². The smallest absolute Gasteiger partial charge is 0.00367 e. The van der Waals surface area contributed by atoms with Gasteiger partial charge in [0.05, 0.1) is 0 Å². The highest BCUT2D eigenvalue weighted by molar-refractivity contribution is 5.22. The van der Waals surface area contributed by atoms with Gasteiger partial charge in [0.15, 0.2) is 0 Å². The first kappa shape index (κ1) is 11.2. The summed E-state index contributed by atoms with van der Waals surface area (Å²) < 4.78 is 0. The second-order valence-electron chi connectivity index (χ2n) is 3.60. The van der Waals surface area contributed by atoms with Crippen molar-refractivity contribution in [2.75, 3.05) is 13.1 Å². The Morgan fingerprint density at radius 2 is 1.29 bits per heavy atom. The van der Waals surface area contributed by atoms with Crippen molar-refractivity contribution in [1.29, 1.82) is 0 Å². The monoisotopic (exact) mass is 192 g/mol. The summed E-state index contributed by atoms with van der Waals surface area (Å²) in [6, 6.07) is 8.73. The van der Waals surface area contributed by atoms with E-state index >= 15 is 0 Å². The average Bonchev–Trinajstić information content (AvgIpc) is 2.21. The standard InChI is InChI=1S/C12H20N2/c13-9-2-1-3-11-4-6-12(7-5-11)8-10-14/h4-7H,1-3,8-10,13-14H2. The van der Waals surface area contributed by atoms with E-state index < -0.39 is 0 Å². The summed E-state index contributed by atoms with van der Waals surface area (Å²) in [7, 11) is 0. The molecule has 0 unspecified atom stereocenters. The van der Waals surface area contributed by atoms with Crippen LogP contribution in [-0.4, -0.2) is 13.1 Å². The molecule has 1 rings (SSSR count). The van der Waals surface area contributed by atoms with E-state index in [0.29, 0.717) is 0 Å². The first-order valence-corrected chi connectivity index (χ1v) is 5.34. The quantitative estimate of drug-likeness (QED) is 0.671. The van der Waals surface area contributed by atoms with E-state index in [1.54, 1.807) is 0 Å². The van der Waals surface area contributed by atoms with Crippen LogP contribution in [0.3, 0.4) is 0 Å². The van der Waals surface area contributed by atoms with Gasteiger partial charge in [0.2, 0.25) is 0 Å². The summed E-state index contributed by atoms with van der Waals surface area (Å²) in [6.45, 7) is 1.53. The zero-order valence-electron chi connectivity index (χ0n) is 8.71. The van der Waals surface area contributed by atoms with E-state index in [1.165, 1.54) is 17.5 Å². The van der Waals surface area contributed by atoms with E-state index in [-0.39, 0.29) is 0 Å². The molecule has 1 aromatic carbocycles. The Bertz CT molecular complexity index is 241. The lowest BCUT2D eigenvalue weighted by Gasteiger charge is -2.02. The fourth-order valence-electron chi connectivity index (χ4n) is 1.51. The molecule has 0 spiro atoms. The third-order valence-corrected chi connectivity index (χ3v) is 2.38. The highest BCUT2D eigenvalue weighted by Crippen LogP contribution is 2.07. The lowest BCUT2D eigenvalue weighted by molar-refractivity contribution is 0.744. The van der Waals surface area contributed by atoms with Gasteiger partial charge in [-0.15, -0.1) is 0 Å². The van der Waals surface area contributed by atoms with Crippen LogP contribution in [0.2, 0.25) is 0 Å². The maximum Gasteiger partial charge on any atom is -0.00367 e. The zero-order valence-corrected chi connectivity index (χ0v) is 8.71. The topological polar surface area (TPSA) is 52.0 Å². The summed E-state index contributed by atoms with van der Waals surface area (Å²) in [6.07, 6.45) is 4.42. The molecule has 0 atom stereocenters. The Hall–Kier alpha value is -0.860. The largest absolute Gasteiger partial charge is 0.330 e. The molecule has 78 valence electrons. The van der Waals surface area contributed by atoms with Crippen molar-refractivity contribution in [3.63, 3.8) is 0 Å². The van der Waals surface area contributed by atoms with Crippen LogP contribution >= 0.6 is 0 Å². The minimum Gasteiger partial charge on any atom is -0.330 e. The van der Waals surface area contributed by atoms with Gasteiger partial charge in [-0.1, -0.05) is 24.3 Å². The first-order chi connectivity index (χ1) is 6.86. The van der Waals surface area contributed by atoms with Gasteiger partial charge < -0.3 is 11.5 Å². The molecule has 14 heavy (non-hydrogen) atoms. The molecule has 0 aliphatic carbocycles. The van der Waals surface area contributed by atoms with Crippen molar-refractivity contribution < 1.29 is 0 Å². The number of rotatable bonds is 6. The fraction of sp³-hybridized carbons (Fsp3) is 0.500. The number of hydrogen-bond acceptors (Lipinski definition) is 2. The lowest BCUT2D eigenvalue weighted by Crippen LogP contribution is -2.02. The Balaban J connectivity index is 2.38. The molecule has 2 nitrogen and oxygen atoms in total. The van der Waals surface area contributed by atoms with Gasteiger partial charge in [-0.05, 0) is 49.9 Å². The third-order valence-electron chi connectivity index (χ3n) is 2.38. The van der Waals surface area contributed by atoms with Crippen molar-refractivity contribution in [3.8, 4) is 0 Å². The predicted octanol–water partition coefficient (Wildman–Crippen LogP) is 1.47. The summed E-state index contributed by atoms with van der Waals surface area (Å²) >= 11 is 0. The second-order valence-corrected chi connectivity index (χ2v) is 3.60. The van der Waals surface area contributed by atoms with Gasteiger partial charge in [-0.3, -0.25) is 0 Å². The highest BCUT2D eigenvalue weighted by atomic mass is 14.5. The minimum atomic E-state index is 0.729. The van der Waals surface area contributed by atoms with Crippen LogP contribution in [0, 0.1) is 0 Å². The molecule has 0 heterocycles. The summed E-state index contributed by atoms with van der Waals surface area (Å²) in [5.74, 6) is 0. The molecular weight excluding hydrogens is 172 g/mol. The molecule has 0 amide bonds. The minimum absolute atomic E-state index is 0.729. The predicted molar refractivity (Wildman–Crippen MR) is 61.2 cm³/mol. The van der Waals surface area contributed by atoms with Crippen LogP contribution in [0.25, 0.3) is 0 Å². The molecule has 0 aromatic heterocycles. The Kier molecular flexibility index (Phi) is 5.27. The van der Waals surface area contributed by atoms with Gasteiger partial charge in [0.25, 0.3) is 0 Å². The van der Waals surface area contributed by atoms with Gasteiger partial charge in [-0.25, -0.2) is 0 Å². The highest BCUT2D eigenvalue weighted by Gasteiger charge is 1.94. The molecule has 0 fully saturated rings. The van der Waals surface area contributed by atoms with Crippen molar-refractivity contribution in [1.82, 2.24) is 0 Å². The number of benzene rings is 1. The molecule has 4 N–H and O–H groups in total. The first-order valence-electron chi connectivity index (χ1n) is 5.34. The molecule has 0 saturated heterocycles. The van der Waals surface area contributed by atoms with Gasteiger partial charge >= 0.3 is 0 Å². The van der Waals surface area contributed by atoms with Crippen molar-refractivity contribution in [2.24, 2.45) is 11.5 Å². The van der Waals surface area contributed by atoms with E-state index in [9.17, 15) is 0 Å². The molecule has 0 saturated carbocycles. The fourth-order valence-corrected chi connectivity index (χ4v) is 1.51. The van der Waals surface area contributed by atoms with Crippen LogP contribution < -0.4 is 11.5 Å². The molecule has 0 bridgehead atoms. The molecule has 0 aliphatic rings.